The predicted molar refractivity (Wildman–Crippen MR) is 75.4 cm³/mol. The van der Waals surface area contributed by atoms with Gasteiger partial charge in [0.15, 0.2) is 0 Å². The molecule has 0 saturated heterocycles. The molecule has 0 N–H and O–H groups in total. The molecule has 0 aliphatic heterocycles. The molecule has 0 unspecified atom stereocenters. The number of benzene rings is 1. The van der Waals surface area contributed by atoms with Crippen molar-refractivity contribution in [2.45, 2.75) is 22.9 Å². The molecule has 2 rings (SSSR count). The van der Waals surface area contributed by atoms with Gasteiger partial charge in [-0.1, -0.05) is 28.1 Å². The van der Waals surface area contributed by atoms with Crippen LogP contribution < -0.4 is 0 Å². The molecule has 5 heteroatoms. The van der Waals surface area contributed by atoms with Crippen molar-refractivity contribution in [3.05, 3.63) is 53.4 Å². The van der Waals surface area contributed by atoms with E-state index in [1.807, 2.05) is 13.0 Å². The number of rotatable bonds is 4. The molecule has 2 nitrogen and oxygen atoms in total. The van der Waals surface area contributed by atoms with Gasteiger partial charge in [-0.3, -0.25) is 0 Å². The number of hydrogen-bond acceptors (Lipinski definition) is 3. The second-order valence-corrected chi connectivity index (χ2v) is 5.35. The Bertz CT molecular complexity index is 548. The van der Waals surface area contributed by atoms with Gasteiger partial charge in [-0.25, -0.2) is 14.4 Å². The monoisotopic (exact) mass is 326 g/mol. The Hall–Kier alpha value is -0.940. The highest BCUT2D eigenvalue weighted by Gasteiger charge is 2.06. The van der Waals surface area contributed by atoms with Crippen molar-refractivity contribution >= 4 is 27.7 Å². The minimum absolute atomic E-state index is 0.199. The van der Waals surface area contributed by atoms with Crippen molar-refractivity contribution in [1.82, 2.24) is 9.97 Å². The van der Waals surface area contributed by atoms with E-state index in [0.717, 1.165) is 17.1 Å². The zero-order valence-corrected chi connectivity index (χ0v) is 12.3. The molecule has 0 atom stereocenters. The van der Waals surface area contributed by atoms with Gasteiger partial charge in [-0.2, -0.15) is 0 Å². The molecule has 2 aromatic rings. The standard InChI is InChI=1S/C13H12BrFN2S/c1-9-7-16-13(17-11(9)6-14)8-18-12-5-3-2-4-10(12)15/h2-5,7H,6,8H2,1H3. The van der Waals surface area contributed by atoms with E-state index in [1.165, 1.54) is 17.8 Å². The Morgan fingerprint density at radius 3 is 2.83 bits per heavy atom. The minimum Gasteiger partial charge on any atom is -0.240 e. The molecular formula is C13H12BrFN2S. The van der Waals surface area contributed by atoms with Crippen LogP contribution in [0.25, 0.3) is 0 Å². The molecule has 0 radical (unpaired) electrons. The van der Waals surface area contributed by atoms with Gasteiger partial charge in [0.25, 0.3) is 0 Å². The van der Waals surface area contributed by atoms with E-state index < -0.39 is 0 Å². The van der Waals surface area contributed by atoms with Crippen LogP contribution in [0.15, 0.2) is 35.4 Å². The molecular weight excluding hydrogens is 315 g/mol. The maximum absolute atomic E-state index is 13.4. The van der Waals surface area contributed by atoms with Crippen LogP contribution in [0.5, 0.6) is 0 Å². The van der Waals surface area contributed by atoms with Crippen LogP contribution in [0.2, 0.25) is 0 Å². The lowest BCUT2D eigenvalue weighted by molar-refractivity contribution is 0.602. The van der Waals surface area contributed by atoms with Gasteiger partial charge < -0.3 is 0 Å². The number of aryl methyl sites for hydroxylation is 1. The highest BCUT2D eigenvalue weighted by atomic mass is 79.9. The van der Waals surface area contributed by atoms with Gasteiger partial charge >= 0.3 is 0 Å². The van der Waals surface area contributed by atoms with Crippen molar-refractivity contribution in [1.29, 1.82) is 0 Å². The van der Waals surface area contributed by atoms with Crippen molar-refractivity contribution in [2.24, 2.45) is 0 Å². The summed E-state index contributed by atoms with van der Waals surface area (Å²) in [7, 11) is 0. The Kier molecular flexibility index (Phi) is 4.72. The summed E-state index contributed by atoms with van der Waals surface area (Å²) in [6.45, 7) is 1.98. The smallest absolute Gasteiger partial charge is 0.138 e. The van der Waals surface area contributed by atoms with E-state index in [-0.39, 0.29) is 5.82 Å². The quantitative estimate of drug-likeness (QED) is 0.624. The van der Waals surface area contributed by atoms with Gasteiger partial charge in [0, 0.05) is 16.4 Å². The summed E-state index contributed by atoms with van der Waals surface area (Å²) >= 11 is 4.80. The van der Waals surface area contributed by atoms with Gasteiger partial charge in [0.05, 0.1) is 11.4 Å². The topological polar surface area (TPSA) is 25.8 Å². The molecule has 1 heterocycles. The summed E-state index contributed by atoms with van der Waals surface area (Å²) in [5.74, 6) is 1.10. The fourth-order valence-corrected chi connectivity index (χ4v) is 2.80. The largest absolute Gasteiger partial charge is 0.240 e. The van der Waals surface area contributed by atoms with Gasteiger partial charge in [0.1, 0.15) is 11.6 Å². The van der Waals surface area contributed by atoms with E-state index in [4.69, 9.17) is 0 Å². The van der Waals surface area contributed by atoms with E-state index in [2.05, 4.69) is 25.9 Å². The zero-order chi connectivity index (χ0) is 13.0. The molecule has 1 aromatic heterocycles. The second kappa shape index (κ2) is 6.29. The summed E-state index contributed by atoms with van der Waals surface area (Å²) in [5.41, 5.74) is 2.04. The van der Waals surface area contributed by atoms with Crippen molar-refractivity contribution < 1.29 is 4.39 Å². The zero-order valence-electron chi connectivity index (χ0n) is 9.86. The SMILES string of the molecule is Cc1cnc(CSc2ccccc2F)nc1CBr. The van der Waals surface area contributed by atoms with E-state index >= 15 is 0 Å². The van der Waals surface area contributed by atoms with Gasteiger partial charge in [-0.05, 0) is 24.6 Å². The van der Waals surface area contributed by atoms with Gasteiger partial charge in [-0.15, -0.1) is 11.8 Å². The van der Waals surface area contributed by atoms with Crippen LogP contribution in [-0.2, 0) is 11.1 Å². The lowest BCUT2D eigenvalue weighted by Crippen LogP contribution is -1.99. The molecule has 0 spiro atoms. The molecule has 18 heavy (non-hydrogen) atoms. The van der Waals surface area contributed by atoms with Crippen LogP contribution >= 0.6 is 27.7 Å². The third kappa shape index (κ3) is 3.29. The molecule has 0 fully saturated rings. The summed E-state index contributed by atoms with van der Waals surface area (Å²) in [6.07, 6.45) is 1.81. The number of alkyl halides is 1. The second-order valence-electron chi connectivity index (χ2n) is 3.77. The highest BCUT2D eigenvalue weighted by molar-refractivity contribution is 9.08. The molecule has 0 aliphatic rings. The minimum atomic E-state index is -0.199. The first-order valence-corrected chi connectivity index (χ1v) is 7.56. The first-order valence-electron chi connectivity index (χ1n) is 5.45. The summed E-state index contributed by atoms with van der Waals surface area (Å²) in [6, 6.07) is 6.73. The van der Waals surface area contributed by atoms with Crippen molar-refractivity contribution in [3.63, 3.8) is 0 Å². The number of thioether (sulfide) groups is 1. The molecule has 0 saturated carbocycles. The fourth-order valence-electron chi connectivity index (χ4n) is 1.43. The lowest BCUT2D eigenvalue weighted by atomic mass is 10.3. The predicted octanol–water partition coefficient (Wildman–Crippen LogP) is 4.11. The molecule has 0 bridgehead atoms. The number of aromatic nitrogens is 2. The van der Waals surface area contributed by atoms with Crippen LogP contribution in [0.1, 0.15) is 17.1 Å². The third-order valence-electron chi connectivity index (χ3n) is 2.45. The van der Waals surface area contributed by atoms with Crippen LogP contribution in [-0.4, -0.2) is 9.97 Å². The molecule has 0 aliphatic carbocycles. The third-order valence-corrected chi connectivity index (χ3v) is 4.02. The normalized spacial score (nSPS) is 10.6. The van der Waals surface area contributed by atoms with Crippen LogP contribution in [0, 0.1) is 12.7 Å². The first-order chi connectivity index (χ1) is 8.70. The summed E-state index contributed by atoms with van der Waals surface area (Å²) < 4.78 is 13.4. The number of hydrogen-bond donors (Lipinski definition) is 0. The Morgan fingerprint density at radius 1 is 1.33 bits per heavy atom. The average Bonchev–Trinajstić information content (AvgIpc) is 2.39. The number of halogens is 2. The Balaban J connectivity index is 2.09. The Labute approximate surface area is 118 Å². The maximum atomic E-state index is 13.4. The first kappa shape index (κ1) is 13.5. The maximum Gasteiger partial charge on any atom is 0.138 e. The van der Waals surface area contributed by atoms with Crippen molar-refractivity contribution in [2.75, 3.05) is 0 Å². The number of nitrogens with zero attached hydrogens (tertiary/aromatic N) is 2. The van der Waals surface area contributed by atoms with Crippen LogP contribution in [0.3, 0.4) is 0 Å². The van der Waals surface area contributed by atoms with Gasteiger partial charge in [0.2, 0.25) is 0 Å². The van der Waals surface area contributed by atoms with E-state index in [0.29, 0.717) is 16.0 Å². The highest BCUT2D eigenvalue weighted by Crippen LogP contribution is 2.24. The van der Waals surface area contributed by atoms with E-state index in [9.17, 15) is 4.39 Å². The van der Waals surface area contributed by atoms with E-state index in [1.54, 1.807) is 18.3 Å². The van der Waals surface area contributed by atoms with Crippen molar-refractivity contribution in [3.8, 4) is 0 Å². The Morgan fingerprint density at radius 2 is 2.11 bits per heavy atom. The lowest BCUT2D eigenvalue weighted by Gasteiger charge is -2.05. The fraction of sp³-hybridized carbons (Fsp3) is 0.231. The molecule has 94 valence electrons. The molecule has 1 aromatic carbocycles. The van der Waals surface area contributed by atoms with Crippen LogP contribution in [0.4, 0.5) is 4.39 Å². The molecule has 0 amide bonds. The summed E-state index contributed by atoms with van der Waals surface area (Å²) in [4.78, 5) is 9.32. The summed E-state index contributed by atoms with van der Waals surface area (Å²) in [5, 5.41) is 0.707. The average molecular weight is 327 g/mol.